The molecule has 2 rings (SSSR count). The van der Waals surface area contributed by atoms with Gasteiger partial charge in [0.2, 0.25) is 0 Å². The van der Waals surface area contributed by atoms with Crippen LogP contribution in [-0.4, -0.2) is 22.3 Å². The summed E-state index contributed by atoms with van der Waals surface area (Å²) in [7, 11) is 0. The van der Waals surface area contributed by atoms with E-state index in [1.54, 1.807) is 0 Å². The van der Waals surface area contributed by atoms with Crippen LogP contribution in [0.4, 0.5) is 0 Å². The van der Waals surface area contributed by atoms with Gasteiger partial charge in [0.05, 0.1) is 12.0 Å². The van der Waals surface area contributed by atoms with Crippen molar-refractivity contribution in [3.05, 3.63) is 11.6 Å². The van der Waals surface area contributed by atoms with E-state index in [-0.39, 0.29) is 17.9 Å². The molecule has 1 saturated carbocycles. The van der Waals surface area contributed by atoms with Crippen molar-refractivity contribution >= 4 is 5.97 Å². The number of aliphatic hydroxyl groups is 1. The molecular weight excluding hydrogens is 228 g/mol. The number of aliphatic hydroxyl groups excluding tert-OH is 1. The van der Waals surface area contributed by atoms with Gasteiger partial charge >= 0.3 is 5.97 Å². The minimum Gasteiger partial charge on any atom is -0.481 e. The number of hydrogen-bond donors (Lipinski definition) is 2. The highest BCUT2D eigenvalue weighted by Gasteiger charge is 2.43. The molecule has 0 heterocycles. The average Bonchev–Trinajstić information content (AvgIpc) is 2.31. The summed E-state index contributed by atoms with van der Waals surface area (Å²) < 4.78 is 0. The van der Waals surface area contributed by atoms with E-state index in [0.717, 1.165) is 24.8 Å². The van der Waals surface area contributed by atoms with Gasteiger partial charge in [-0.1, -0.05) is 26.3 Å². The van der Waals surface area contributed by atoms with E-state index >= 15 is 0 Å². The highest BCUT2D eigenvalue weighted by molar-refractivity contribution is 5.70. The summed E-state index contributed by atoms with van der Waals surface area (Å²) in [6.07, 6.45) is 4.71. The van der Waals surface area contributed by atoms with Gasteiger partial charge in [0.25, 0.3) is 0 Å². The van der Waals surface area contributed by atoms with Crippen molar-refractivity contribution in [2.24, 2.45) is 29.6 Å². The van der Waals surface area contributed by atoms with Crippen molar-refractivity contribution in [3.63, 3.8) is 0 Å². The maximum absolute atomic E-state index is 11.2. The molecule has 2 aliphatic carbocycles. The Bertz CT molecular complexity index is 361. The third-order valence-electron chi connectivity index (χ3n) is 5.18. The molecule has 0 bridgehead atoms. The molecule has 18 heavy (non-hydrogen) atoms. The van der Waals surface area contributed by atoms with Crippen LogP contribution in [0.25, 0.3) is 0 Å². The second kappa shape index (κ2) is 5.04. The first-order valence-electron chi connectivity index (χ1n) is 7.01. The third kappa shape index (κ3) is 2.33. The van der Waals surface area contributed by atoms with Gasteiger partial charge in [0, 0.05) is 0 Å². The Morgan fingerprint density at radius 1 is 1.44 bits per heavy atom. The van der Waals surface area contributed by atoms with Crippen LogP contribution in [0.2, 0.25) is 0 Å². The van der Waals surface area contributed by atoms with Gasteiger partial charge < -0.3 is 10.2 Å². The molecule has 3 unspecified atom stereocenters. The summed E-state index contributed by atoms with van der Waals surface area (Å²) in [6.45, 7) is 6.03. The van der Waals surface area contributed by atoms with Crippen LogP contribution in [0.3, 0.4) is 0 Å². The molecule has 3 heteroatoms. The highest BCUT2D eigenvalue weighted by atomic mass is 16.4. The summed E-state index contributed by atoms with van der Waals surface area (Å²) in [5, 5.41) is 19.2. The molecule has 6 atom stereocenters. The smallest absolute Gasteiger partial charge is 0.306 e. The number of aliphatic carboxylic acids is 1. The molecule has 3 nitrogen and oxygen atoms in total. The molecule has 0 aliphatic heterocycles. The third-order valence-corrected chi connectivity index (χ3v) is 5.18. The zero-order valence-electron chi connectivity index (χ0n) is 11.5. The molecule has 1 fully saturated rings. The number of fused-ring (bicyclic) bond motifs is 1. The monoisotopic (exact) mass is 252 g/mol. The van der Waals surface area contributed by atoms with Gasteiger partial charge in [-0.2, -0.15) is 0 Å². The van der Waals surface area contributed by atoms with Crippen molar-refractivity contribution in [2.45, 2.75) is 46.1 Å². The van der Waals surface area contributed by atoms with Gasteiger partial charge in [0.1, 0.15) is 0 Å². The van der Waals surface area contributed by atoms with Gasteiger partial charge in [-0.3, -0.25) is 4.79 Å². The molecule has 0 aromatic heterocycles. The lowest BCUT2D eigenvalue weighted by Crippen LogP contribution is -2.42. The predicted molar refractivity (Wildman–Crippen MR) is 70.0 cm³/mol. The van der Waals surface area contributed by atoms with E-state index in [0.29, 0.717) is 17.8 Å². The molecule has 0 aromatic rings. The standard InChI is InChI=1S/C15H24O3/c1-8-4-5-11(10(3)15(17)18)13-6-9(2)14(16)7-12(8)13/h6,8,10-14,16H,4-5,7H2,1-3H3,(H,17,18)/t8-,10-,11?,12?,13?,14+/m1/s1. The number of carboxylic acids is 1. The first-order chi connectivity index (χ1) is 8.41. The molecule has 2 aliphatic rings. The van der Waals surface area contributed by atoms with Crippen LogP contribution in [0.1, 0.15) is 40.0 Å². The fraction of sp³-hybridized carbons (Fsp3) is 0.800. The summed E-state index contributed by atoms with van der Waals surface area (Å²) in [5.74, 6) is 0.625. The lowest BCUT2D eigenvalue weighted by Gasteiger charge is -2.46. The topological polar surface area (TPSA) is 57.5 Å². The largest absolute Gasteiger partial charge is 0.481 e. The van der Waals surface area contributed by atoms with Gasteiger partial charge in [-0.15, -0.1) is 0 Å². The number of carboxylic acid groups (broad SMARTS) is 1. The number of hydrogen-bond acceptors (Lipinski definition) is 2. The number of allylic oxidation sites excluding steroid dienone is 1. The highest BCUT2D eigenvalue weighted by Crippen LogP contribution is 2.47. The Morgan fingerprint density at radius 2 is 2.11 bits per heavy atom. The fourth-order valence-corrected chi connectivity index (χ4v) is 3.82. The van der Waals surface area contributed by atoms with Crippen LogP contribution in [0.5, 0.6) is 0 Å². The summed E-state index contributed by atoms with van der Waals surface area (Å²) in [5.41, 5.74) is 1.02. The molecule has 102 valence electrons. The number of rotatable bonds is 2. The lowest BCUT2D eigenvalue weighted by molar-refractivity contribution is -0.144. The minimum absolute atomic E-state index is 0.228. The Labute approximate surface area is 109 Å². The van der Waals surface area contributed by atoms with Crippen LogP contribution < -0.4 is 0 Å². The zero-order valence-corrected chi connectivity index (χ0v) is 11.5. The van der Waals surface area contributed by atoms with Crippen molar-refractivity contribution in [1.82, 2.24) is 0 Å². The van der Waals surface area contributed by atoms with Crippen LogP contribution in [0, 0.1) is 29.6 Å². The van der Waals surface area contributed by atoms with Crippen molar-refractivity contribution in [3.8, 4) is 0 Å². The van der Waals surface area contributed by atoms with Crippen molar-refractivity contribution in [1.29, 1.82) is 0 Å². The van der Waals surface area contributed by atoms with E-state index in [9.17, 15) is 15.0 Å². The minimum atomic E-state index is -0.689. The van der Waals surface area contributed by atoms with E-state index < -0.39 is 5.97 Å². The second-order valence-electron chi connectivity index (χ2n) is 6.25. The van der Waals surface area contributed by atoms with Gasteiger partial charge in [-0.25, -0.2) is 0 Å². The van der Waals surface area contributed by atoms with E-state index in [1.807, 2.05) is 13.8 Å². The quantitative estimate of drug-likeness (QED) is 0.743. The Hall–Kier alpha value is -0.830. The molecular formula is C15H24O3. The maximum atomic E-state index is 11.2. The lowest BCUT2D eigenvalue weighted by atomic mass is 9.59. The molecule has 0 radical (unpaired) electrons. The van der Waals surface area contributed by atoms with Crippen molar-refractivity contribution < 1.29 is 15.0 Å². The van der Waals surface area contributed by atoms with Gasteiger partial charge in [-0.05, 0) is 49.0 Å². The van der Waals surface area contributed by atoms with Gasteiger partial charge in [0.15, 0.2) is 0 Å². The SMILES string of the molecule is CC1=CC2C(C[C@@H]1O)[C@H](C)CCC2[C@@H](C)C(=O)O. The first kappa shape index (κ1) is 13.6. The van der Waals surface area contributed by atoms with Crippen LogP contribution in [0.15, 0.2) is 11.6 Å². The van der Waals surface area contributed by atoms with E-state index in [2.05, 4.69) is 13.0 Å². The maximum Gasteiger partial charge on any atom is 0.306 e. The zero-order chi connectivity index (χ0) is 13.4. The second-order valence-corrected chi connectivity index (χ2v) is 6.25. The Kier molecular flexibility index (Phi) is 3.81. The summed E-state index contributed by atoms with van der Waals surface area (Å²) in [4.78, 5) is 11.2. The van der Waals surface area contributed by atoms with E-state index in [4.69, 9.17) is 0 Å². The fourth-order valence-electron chi connectivity index (χ4n) is 3.82. The molecule has 0 amide bonds. The molecule has 0 aromatic carbocycles. The molecule has 2 N–H and O–H groups in total. The predicted octanol–water partition coefficient (Wildman–Crippen LogP) is 2.70. The molecule has 0 spiro atoms. The summed E-state index contributed by atoms with van der Waals surface area (Å²) >= 11 is 0. The van der Waals surface area contributed by atoms with E-state index in [1.165, 1.54) is 0 Å². The number of carbonyl (C=O) groups is 1. The average molecular weight is 252 g/mol. The Balaban J connectivity index is 2.26. The first-order valence-corrected chi connectivity index (χ1v) is 7.01. The molecule has 0 saturated heterocycles. The normalized spacial score (nSPS) is 41.8. The van der Waals surface area contributed by atoms with Crippen LogP contribution >= 0.6 is 0 Å². The summed E-state index contributed by atoms with van der Waals surface area (Å²) in [6, 6.07) is 0. The van der Waals surface area contributed by atoms with Crippen LogP contribution in [-0.2, 0) is 4.79 Å². The Morgan fingerprint density at radius 3 is 2.72 bits per heavy atom. The van der Waals surface area contributed by atoms with Crippen molar-refractivity contribution in [2.75, 3.05) is 0 Å².